The van der Waals surface area contributed by atoms with E-state index in [0.717, 1.165) is 18.4 Å². The van der Waals surface area contributed by atoms with Crippen molar-refractivity contribution in [3.8, 4) is 11.5 Å². The highest BCUT2D eigenvalue weighted by Gasteiger charge is 2.21. The van der Waals surface area contributed by atoms with Crippen LogP contribution in [0.25, 0.3) is 0 Å². The summed E-state index contributed by atoms with van der Waals surface area (Å²) in [7, 11) is 2.90. The summed E-state index contributed by atoms with van der Waals surface area (Å²) in [5, 5.41) is 2.92. The topological polar surface area (TPSA) is 73.9 Å². The number of carbonyl (C=O) groups excluding carboxylic acids is 2. The molecular formula is C21H25NO5. The zero-order chi connectivity index (χ0) is 19.6. The van der Waals surface area contributed by atoms with E-state index < -0.39 is 5.97 Å². The van der Waals surface area contributed by atoms with Crippen molar-refractivity contribution in [2.45, 2.75) is 25.8 Å². The van der Waals surface area contributed by atoms with Gasteiger partial charge < -0.3 is 19.5 Å². The summed E-state index contributed by atoms with van der Waals surface area (Å²) in [4.78, 5) is 24.7. The SMILES string of the molecule is CCC[C@@H](NC(=O)COC(=O)c1c(OC)cccc1OC)c1ccccc1. The van der Waals surface area contributed by atoms with E-state index in [1.165, 1.54) is 14.2 Å². The molecule has 1 atom stereocenters. The number of hydrogen-bond acceptors (Lipinski definition) is 5. The van der Waals surface area contributed by atoms with Crippen molar-refractivity contribution in [2.75, 3.05) is 20.8 Å². The third kappa shape index (κ3) is 5.48. The van der Waals surface area contributed by atoms with Crippen LogP contribution in [0, 0.1) is 0 Å². The van der Waals surface area contributed by atoms with Gasteiger partial charge >= 0.3 is 5.97 Å². The Morgan fingerprint density at radius 2 is 1.59 bits per heavy atom. The first-order valence-electron chi connectivity index (χ1n) is 8.83. The number of nitrogens with one attached hydrogen (secondary N) is 1. The van der Waals surface area contributed by atoms with Gasteiger partial charge in [0, 0.05) is 0 Å². The van der Waals surface area contributed by atoms with Crippen LogP contribution in [0.1, 0.15) is 41.7 Å². The molecule has 0 unspecified atom stereocenters. The highest BCUT2D eigenvalue weighted by molar-refractivity contribution is 5.96. The Hall–Kier alpha value is -3.02. The number of amides is 1. The van der Waals surface area contributed by atoms with Gasteiger partial charge in [-0.25, -0.2) is 4.79 Å². The van der Waals surface area contributed by atoms with Crippen LogP contribution < -0.4 is 14.8 Å². The number of rotatable bonds is 9. The van der Waals surface area contributed by atoms with Crippen molar-refractivity contribution in [3.63, 3.8) is 0 Å². The zero-order valence-electron chi connectivity index (χ0n) is 15.9. The van der Waals surface area contributed by atoms with E-state index in [0.29, 0.717) is 11.5 Å². The van der Waals surface area contributed by atoms with E-state index in [-0.39, 0.29) is 24.1 Å². The van der Waals surface area contributed by atoms with E-state index in [4.69, 9.17) is 14.2 Å². The van der Waals surface area contributed by atoms with Gasteiger partial charge in [-0.3, -0.25) is 4.79 Å². The predicted molar refractivity (Wildman–Crippen MR) is 102 cm³/mol. The summed E-state index contributed by atoms with van der Waals surface area (Å²) < 4.78 is 15.6. The third-order valence-corrected chi connectivity index (χ3v) is 4.08. The van der Waals surface area contributed by atoms with Crippen LogP contribution >= 0.6 is 0 Å². The Balaban J connectivity index is 2.01. The van der Waals surface area contributed by atoms with Crippen LogP contribution in [0.3, 0.4) is 0 Å². The van der Waals surface area contributed by atoms with Gasteiger partial charge in [0.2, 0.25) is 0 Å². The predicted octanol–water partition coefficient (Wildman–Crippen LogP) is 3.52. The van der Waals surface area contributed by atoms with Crippen LogP contribution in [-0.4, -0.2) is 32.7 Å². The zero-order valence-corrected chi connectivity index (χ0v) is 15.9. The standard InChI is InChI=1S/C21H25NO5/c1-4-9-16(15-10-6-5-7-11-15)22-19(23)14-27-21(24)20-17(25-2)12-8-13-18(20)26-3/h5-8,10-13,16H,4,9,14H2,1-3H3,(H,22,23)/t16-/m1/s1. The fraction of sp³-hybridized carbons (Fsp3) is 0.333. The first-order chi connectivity index (χ1) is 13.1. The number of methoxy groups -OCH3 is 2. The summed E-state index contributed by atoms with van der Waals surface area (Å²) in [6.07, 6.45) is 1.71. The fourth-order valence-electron chi connectivity index (χ4n) is 2.79. The normalized spacial score (nSPS) is 11.4. The molecule has 0 saturated heterocycles. The molecule has 0 aliphatic carbocycles. The second-order valence-electron chi connectivity index (χ2n) is 5.93. The second kappa shape index (κ2) is 10.2. The molecule has 0 radical (unpaired) electrons. The number of carbonyl (C=O) groups is 2. The molecule has 0 fully saturated rings. The Morgan fingerprint density at radius 3 is 2.15 bits per heavy atom. The molecule has 0 aliphatic rings. The van der Waals surface area contributed by atoms with Crippen molar-refractivity contribution in [2.24, 2.45) is 0 Å². The van der Waals surface area contributed by atoms with Crippen LogP contribution in [0.5, 0.6) is 11.5 Å². The lowest BCUT2D eigenvalue weighted by atomic mass is 10.0. The molecule has 2 aromatic rings. The van der Waals surface area contributed by atoms with E-state index in [9.17, 15) is 9.59 Å². The lowest BCUT2D eigenvalue weighted by Crippen LogP contribution is -2.32. The molecule has 1 amide bonds. The summed E-state index contributed by atoms with van der Waals surface area (Å²) in [5.41, 5.74) is 1.17. The molecule has 27 heavy (non-hydrogen) atoms. The quantitative estimate of drug-likeness (QED) is 0.683. The molecule has 0 heterocycles. The smallest absolute Gasteiger partial charge is 0.346 e. The maximum atomic E-state index is 12.4. The van der Waals surface area contributed by atoms with Gasteiger partial charge in [-0.2, -0.15) is 0 Å². The highest BCUT2D eigenvalue weighted by Crippen LogP contribution is 2.28. The van der Waals surface area contributed by atoms with Gasteiger partial charge in [-0.1, -0.05) is 49.7 Å². The van der Waals surface area contributed by atoms with Gasteiger partial charge in [0.15, 0.2) is 6.61 Å². The summed E-state index contributed by atoms with van der Waals surface area (Å²) in [5.74, 6) is -0.383. The molecule has 0 saturated carbocycles. The number of hydrogen-bond donors (Lipinski definition) is 1. The molecule has 6 heteroatoms. The summed E-state index contributed by atoms with van der Waals surface area (Å²) in [6.45, 7) is 1.67. The number of benzene rings is 2. The molecule has 0 aliphatic heterocycles. The van der Waals surface area contributed by atoms with Crippen molar-refractivity contribution >= 4 is 11.9 Å². The lowest BCUT2D eigenvalue weighted by molar-refractivity contribution is -0.125. The Kier molecular flexibility index (Phi) is 7.67. The Bertz CT molecular complexity index is 738. The first kappa shape index (κ1) is 20.3. The molecule has 6 nitrogen and oxygen atoms in total. The maximum Gasteiger partial charge on any atom is 0.346 e. The van der Waals surface area contributed by atoms with Crippen LogP contribution in [0.15, 0.2) is 48.5 Å². The molecule has 0 spiro atoms. The van der Waals surface area contributed by atoms with Crippen LogP contribution in [-0.2, 0) is 9.53 Å². The third-order valence-electron chi connectivity index (χ3n) is 4.08. The molecule has 1 N–H and O–H groups in total. The van der Waals surface area contributed by atoms with Crippen molar-refractivity contribution in [3.05, 3.63) is 59.7 Å². The highest BCUT2D eigenvalue weighted by atomic mass is 16.5. The van der Waals surface area contributed by atoms with Gasteiger partial charge in [0.05, 0.1) is 20.3 Å². The van der Waals surface area contributed by atoms with Crippen molar-refractivity contribution < 1.29 is 23.8 Å². The maximum absolute atomic E-state index is 12.4. The monoisotopic (exact) mass is 371 g/mol. The molecule has 0 bridgehead atoms. The van der Waals surface area contributed by atoms with E-state index in [1.807, 2.05) is 30.3 Å². The van der Waals surface area contributed by atoms with E-state index >= 15 is 0 Å². The number of esters is 1. The molecule has 2 rings (SSSR count). The number of ether oxygens (including phenoxy) is 3. The fourth-order valence-corrected chi connectivity index (χ4v) is 2.79. The minimum absolute atomic E-state index is 0.122. The molecular weight excluding hydrogens is 346 g/mol. The Morgan fingerprint density at radius 1 is 0.963 bits per heavy atom. The van der Waals surface area contributed by atoms with Gasteiger partial charge in [0.1, 0.15) is 17.1 Å². The first-order valence-corrected chi connectivity index (χ1v) is 8.83. The minimum atomic E-state index is -0.675. The molecule has 0 aromatic heterocycles. The van der Waals surface area contributed by atoms with E-state index in [2.05, 4.69) is 12.2 Å². The molecule has 144 valence electrons. The van der Waals surface area contributed by atoms with Gasteiger partial charge in [-0.15, -0.1) is 0 Å². The Labute approximate surface area is 159 Å². The van der Waals surface area contributed by atoms with Crippen LogP contribution in [0.4, 0.5) is 0 Å². The van der Waals surface area contributed by atoms with Crippen molar-refractivity contribution in [1.82, 2.24) is 5.32 Å². The average Bonchev–Trinajstić information content (AvgIpc) is 2.71. The van der Waals surface area contributed by atoms with Gasteiger partial charge in [0.25, 0.3) is 5.91 Å². The van der Waals surface area contributed by atoms with Gasteiger partial charge in [-0.05, 0) is 24.1 Å². The molecule has 2 aromatic carbocycles. The second-order valence-corrected chi connectivity index (χ2v) is 5.93. The largest absolute Gasteiger partial charge is 0.496 e. The lowest BCUT2D eigenvalue weighted by Gasteiger charge is -2.19. The average molecular weight is 371 g/mol. The minimum Gasteiger partial charge on any atom is -0.496 e. The summed E-state index contributed by atoms with van der Waals surface area (Å²) in [6, 6.07) is 14.6. The van der Waals surface area contributed by atoms with Crippen molar-refractivity contribution in [1.29, 1.82) is 0 Å². The summed E-state index contributed by atoms with van der Waals surface area (Å²) >= 11 is 0. The van der Waals surface area contributed by atoms with E-state index in [1.54, 1.807) is 18.2 Å². The van der Waals surface area contributed by atoms with Crippen LogP contribution in [0.2, 0.25) is 0 Å².